The second-order valence-corrected chi connectivity index (χ2v) is 6.75. The molecule has 0 aromatic heterocycles. The monoisotopic (exact) mass is 370 g/mol. The van der Waals surface area contributed by atoms with Crippen molar-refractivity contribution in [2.24, 2.45) is 0 Å². The molecule has 0 fully saturated rings. The first-order valence-electron chi connectivity index (χ1n) is 7.55. The number of carbonyl (C=O) groups excluding carboxylic acids is 2. The van der Waals surface area contributed by atoms with Gasteiger partial charge in [-0.05, 0) is 24.3 Å². The molecule has 8 nitrogen and oxygen atoms in total. The lowest BCUT2D eigenvalue weighted by atomic mass is 10.3. The molecular formula is C16H22N2O6S. The number of esters is 2. The van der Waals surface area contributed by atoms with Gasteiger partial charge in [-0.2, -0.15) is 4.31 Å². The first-order chi connectivity index (χ1) is 11.8. The van der Waals surface area contributed by atoms with Crippen molar-refractivity contribution in [1.82, 2.24) is 4.31 Å². The fourth-order valence-electron chi connectivity index (χ4n) is 2.01. The molecule has 1 N–H and O–H groups in total. The molecule has 138 valence electrons. The molecule has 0 spiro atoms. The average Bonchev–Trinajstić information content (AvgIpc) is 2.61. The van der Waals surface area contributed by atoms with Crippen molar-refractivity contribution in [3.8, 4) is 0 Å². The standard InChI is InChI=1S/C16H22N2O6S/c1-5-18(6-2)25(21,22)13-9-7-12(8-10-13)17-14(16(20)24-4)11-15(19)23-3/h7-11,17H,5-6H2,1-4H3/b14-11+. The van der Waals surface area contributed by atoms with E-state index in [-0.39, 0.29) is 10.6 Å². The van der Waals surface area contributed by atoms with E-state index in [1.165, 1.54) is 42.8 Å². The Morgan fingerprint density at radius 2 is 1.64 bits per heavy atom. The summed E-state index contributed by atoms with van der Waals surface area (Å²) in [7, 11) is -1.21. The number of hydrogen-bond acceptors (Lipinski definition) is 7. The molecule has 1 rings (SSSR count). The van der Waals surface area contributed by atoms with Gasteiger partial charge in [-0.1, -0.05) is 13.8 Å². The third-order valence-electron chi connectivity index (χ3n) is 3.35. The van der Waals surface area contributed by atoms with Crippen molar-refractivity contribution in [1.29, 1.82) is 0 Å². The number of nitrogens with zero attached hydrogens (tertiary/aromatic N) is 1. The van der Waals surface area contributed by atoms with E-state index in [4.69, 9.17) is 0 Å². The number of nitrogens with one attached hydrogen (secondary N) is 1. The molecule has 0 heterocycles. The smallest absolute Gasteiger partial charge is 0.354 e. The lowest BCUT2D eigenvalue weighted by Crippen LogP contribution is -2.30. The molecule has 0 saturated carbocycles. The van der Waals surface area contributed by atoms with Crippen LogP contribution in [0.2, 0.25) is 0 Å². The maximum absolute atomic E-state index is 12.4. The molecule has 25 heavy (non-hydrogen) atoms. The molecule has 9 heteroatoms. The first kappa shape index (κ1) is 20.7. The van der Waals surface area contributed by atoms with Gasteiger partial charge in [-0.15, -0.1) is 0 Å². The van der Waals surface area contributed by atoms with E-state index in [0.717, 1.165) is 6.08 Å². The molecule has 0 bridgehead atoms. The van der Waals surface area contributed by atoms with Gasteiger partial charge in [0.05, 0.1) is 25.2 Å². The lowest BCUT2D eigenvalue weighted by Gasteiger charge is -2.18. The minimum absolute atomic E-state index is 0.131. The fourth-order valence-corrected chi connectivity index (χ4v) is 3.47. The Labute approximate surface area is 147 Å². The van der Waals surface area contributed by atoms with Gasteiger partial charge in [0.25, 0.3) is 0 Å². The Morgan fingerprint density at radius 1 is 1.08 bits per heavy atom. The SMILES string of the molecule is CCN(CC)S(=O)(=O)c1ccc(N/C(=C/C(=O)OC)C(=O)OC)cc1. The Kier molecular flexibility index (Phi) is 7.59. The van der Waals surface area contributed by atoms with Gasteiger partial charge >= 0.3 is 11.9 Å². The largest absolute Gasteiger partial charge is 0.466 e. The number of hydrogen-bond donors (Lipinski definition) is 1. The van der Waals surface area contributed by atoms with Crippen LogP contribution in [0.5, 0.6) is 0 Å². The zero-order valence-corrected chi connectivity index (χ0v) is 15.4. The quantitative estimate of drug-likeness (QED) is 0.544. The van der Waals surface area contributed by atoms with Crippen molar-refractivity contribution < 1.29 is 27.5 Å². The van der Waals surface area contributed by atoms with Crippen LogP contribution in [-0.4, -0.2) is 52.0 Å². The summed E-state index contributed by atoms with van der Waals surface area (Å²) in [6.07, 6.45) is 0.951. The van der Waals surface area contributed by atoms with E-state index >= 15 is 0 Å². The summed E-state index contributed by atoms with van der Waals surface area (Å²) < 4.78 is 35.3. The van der Waals surface area contributed by atoms with Gasteiger partial charge in [-0.3, -0.25) is 0 Å². The normalized spacial score (nSPS) is 12.0. The van der Waals surface area contributed by atoms with Crippen molar-refractivity contribution in [3.63, 3.8) is 0 Å². The zero-order chi connectivity index (χ0) is 19.0. The highest BCUT2D eigenvalue weighted by atomic mass is 32.2. The van der Waals surface area contributed by atoms with Crippen molar-refractivity contribution in [2.45, 2.75) is 18.7 Å². The summed E-state index contributed by atoms with van der Waals surface area (Å²) in [6.45, 7) is 4.26. The summed E-state index contributed by atoms with van der Waals surface area (Å²) in [5.74, 6) is -1.49. The maximum Gasteiger partial charge on any atom is 0.354 e. The van der Waals surface area contributed by atoms with Crippen LogP contribution in [0.25, 0.3) is 0 Å². The Balaban J connectivity index is 3.08. The minimum atomic E-state index is -3.57. The predicted octanol–water partition coefficient (Wildman–Crippen LogP) is 1.36. The molecule has 0 aliphatic carbocycles. The summed E-state index contributed by atoms with van der Waals surface area (Å²) >= 11 is 0. The second kappa shape index (κ2) is 9.19. The maximum atomic E-state index is 12.4. The number of carbonyl (C=O) groups is 2. The van der Waals surface area contributed by atoms with Gasteiger partial charge in [-0.25, -0.2) is 18.0 Å². The highest BCUT2D eigenvalue weighted by molar-refractivity contribution is 7.89. The van der Waals surface area contributed by atoms with Gasteiger partial charge in [0.15, 0.2) is 0 Å². The van der Waals surface area contributed by atoms with Crippen LogP contribution in [0.1, 0.15) is 13.8 Å². The van der Waals surface area contributed by atoms with Crippen LogP contribution in [0.4, 0.5) is 5.69 Å². The van der Waals surface area contributed by atoms with E-state index in [9.17, 15) is 18.0 Å². The molecule has 0 amide bonds. The molecule has 0 atom stereocenters. The second-order valence-electron chi connectivity index (χ2n) is 4.81. The number of ether oxygens (including phenoxy) is 2. The Bertz CT molecular complexity index is 736. The first-order valence-corrected chi connectivity index (χ1v) is 8.99. The summed E-state index contributed by atoms with van der Waals surface area (Å²) in [5.41, 5.74) is 0.285. The van der Waals surface area contributed by atoms with Gasteiger partial charge in [0, 0.05) is 18.8 Å². The number of rotatable bonds is 8. The number of anilines is 1. The van der Waals surface area contributed by atoms with E-state index in [2.05, 4.69) is 14.8 Å². The van der Waals surface area contributed by atoms with E-state index in [1.54, 1.807) is 13.8 Å². The molecule has 1 aromatic rings. The number of methoxy groups -OCH3 is 2. The third-order valence-corrected chi connectivity index (χ3v) is 5.41. The van der Waals surface area contributed by atoms with Crippen LogP contribution in [0.3, 0.4) is 0 Å². The van der Waals surface area contributed by atoms with Crippen LogP contribution < -0.4 is 5.32 Å². The highest BCUT2D eigenvalue weighted by Crippen LogP contribution is 2.19. The highest BCUT2D eigenvalue weighted by Gasteiger charge is 2.21. The summed E-state index contributed by atoms with van der Waals surface area (Å²) in [6, 6.07) is 5.82. The third kappa shape index (κ3) is 5.30. The van der Waals surface area contributed by atoms with E-state index in [1.807, 2.05) is 0 Å². The van der Waals surface area contributed by atoms with Crippen LogP contribution in [-0.2, 0) is 29.1 Å². The Morgan fingerprint density at radius 3 is 2.08 bits per heavy atom. The molecule has 0 radical (unpaired) electrons. The van der Waals surface area contributed by atoms with Gasteiger partial charge < -0.3 is 14.8 Å². The molecule has 0 aliphatic rings. The lowest BCUT2D eigenvalue weighted by molar-refractivity contribution is -0.138. The van der Waals surface area contributed by atoms with Crippen LogP contribution >= 0.6 is 0 Å². The molecule has 1 aromatic carbocycles. The number of benzene rings is 1. The summed E-state index contributed by atoms with van der Waals surface area (Å²) in [4.78, 5) is 23.2. The van der Waals surface area contributed by atoms with Crippen LogP contribution in [0.15, 0.2) is 40.9 Å². The summed E-state index contributed by atoms with van der Waals surface area (Å²) in [5, 5.41) is 2.71. The molecule has 0 saturated heterocycles. The van der Waals surface area contributed by atoms with Crippen molar-refractivity contribution in [2.75, 3.05) is 32.6 Å². The van der Waals surface area contributed by atoms with Crippen molar-refractivity contribution >= 4 is 27.6 Å². The van der Waals surface area contributed by atoms with Gasteiger partial charge in [0.2, 0.25) is 10.0 Å². The topological polar surface area (TPSA) is 102 Å². The van der Waals surface area contributed by atoms with E-state index in [0.29, 0.717) is 18.8 Å². The Hall–Kier alpha value is -2.39. The van der Waals surface area contributed by atoms with Gasteiger partial charge in [0.1, 0.15) is 5.70 Å². The molecule has 0 unspecified atom stereocenters. The predicted molar refractivity (Wildman–Crippen MR) is 92.3 cm³/mol. The molecule has 0 aliphatic heterocycles. The van der Waals surface area contributed by atoms with Crippen LogP contribution in [0, 0.1) is 0 Å². The zero-order valence-electron chi connectivity index (χ0n) is 14.6. The fraction of sp³-hybridized carbons (Fsp3) is 0.375. The minimum Gasteiger partial charge on any atom is -0.466 e. The molecular weight excluding hydrogens is 348 g/mol. The van der Waals surface area contributed by atoms with Crippen molar-refractivity contribution in [3.05, 3.63) is 36.0 Å². The van der Waals surface area contributed by atoms with E-state index < -0.39 is 22.0 Å². The number of sulfonamides is 1. The average molecular weight is 370 g/mol.